The number of hydrogen-bond donors (Lipinski definition) is 2. The Kier molecular flexibility index (Phi) is 7.70. The zero-order valence-electron chi connectivity index (χ0n) is 24.7. The van der Waals surface area contributed by atoms with E-state index in [1.54, 1.807) is 26.1 Å². The number of rotatable bonds is 8. The third-order valence-electron chi connectivity index (χ3n) is 8.93. The molecule has 2 atom stereocenters. The van der Waals surface area contributed by atoms with Crippen LogP contribution < -0.4 is 20.3 Å². The summed E-state index contributed by atoms with van der Waals surface area (Å²) in [6.07, 6.45) is 3.08. The molecular formula is C33H35ClFN5O4. The van der Waals surface area contributed by atoms with Crippen LogP contribution in [0.15, 0.2) is 54.6 Å². The predicted molar refractivity (Wildman–Crippen MR) is 164 cm³/mol. The van der Waals surface area contributed by atoms with Crippen LogP contribution in [0, 0.1) is 5.82 Å². The van der Waals surface area contributed by atoms with Crippen molar-refractivity contribution in [2.24, 2.45) is 0 Å². The van der Waals surface area contributed by atoms with E-state index < -0.39 is 11.6 Å². The minimum Gasteiger partial charge on any atom is -0.444 e. The Morgan fingerprint density at radius 3 is 2.66 bits per heavy atom. The number of nitrogens with zero attached hydrogens (tertiary/aromatic N) is 3. The Bertz CT molecular complexity index is 1720. The van der Waals surface area contributed by atoms with Crippen molar-refractivity contribution >= 4 is 28.5 Å². The number of para-hydroxylation sites is 1. The number of ether oxygens (including phenoxy) is 3. The lowest BCUT2D eigenvalue weighted by molar-refractivity contribution is -0.0712. The number of aromatic nitrogens is 2. The van der Waals surface area contributed by atoms with Crippen LogP contribution >= 0.6 is 11.6 Å². The lowest BCUT2D eigenvalue weighted by atomic mass is 9.88. The van der Waals surface area contributed by atoms with E-state index in [-0.39, 0.29) is 17.9 Å². The molecule has 0 radical (unpaired) electrons. The number of halogens is 2. The molecule has 2 fully saturated rings. The first-order valence-corrected chi connectivity index (χ1v) is 15.5. The molecule has 4 heterocycles. The van der Waals surface area contributed by atoms with Gasteiger partial charge in [-0.15, -0.1) is 0 Å². The maximum Gasteiger partial charge on any atom is 0.278 e. The Morgan fingerprint density at radius 1 is 1.11 bits per heavy atom. The van der Waals surface area contributed by atoms with E-state index in [9.17, 15) is 9.18 Å². The second-order valence-electron chi connectivity index (χ2n) is 11.8. The van der Waals surface area contributed by atoms with Crippen molar-refractivity contribution in [2.75, 3.05) is 26.7 Å². The largest absolute Gasteiger partial charge is 0.444 e. The molecule has 0 aliphatic carbocycles. The number of hydrogen-bond acceptors (Lipinski definition) is 7. The van der Waals surface area contributed by atoms with E-state index in [0.717, 1.165) is 67.9 Å². The van der Waals surface area contributed by atoms with Gasteiger partial charge in [0.05, 0.1) is 35.8 Å². The van der Waals surface area contributed by atoms with Crippen molar-refractivity contribution < 1.29 is 23.4 Å². The van der Waals surface area contributed by atoms with Gasteiger partial charge in [-0.1, -0.05) is 23.7 Å². The highest BCUT2D eigenvalue weighted by Gasteiger charge is 2.43. The number of piperidine rings is 1. The normalized spacial score (nSPS) is 21.9. The number of fused-ring (bicyclic) bond motifs is 2. The van der Waals surface area contributed by atoms with Gasteiger partial charge in [-0.25, -0.2) is 14.8 Å². The molecule has 3 aliphatic heterocycles. The zero-order chi connectivity index (χ0) is 30.4. The van der Waals surface area contributed by atoms with Gasteiger partial charge in [0.2, 0.25) is 0 Å². The van der Waals surface area contributed by atoms with E-state index in [1.165, 1.54) is 6.07 Å². The third-order valence-corrected chi connectivity index (χ3v) is 9.17. The number of carbonyl (C=O) groups excluding carboxylic acids is 1. The van der Waals surface area contributed by atoms with Crippen LogP contribution in [0.5, 0.6) is 11.5 Å². The summed E-state index contributed by atoms with van der Waals surface area (Å²) in [6.45, 7) is 5.74. The molecule has 2 N–H and O–H groups in total. The Hall–Kier alpha value is -3.70. The summed E-state index contributed by atoms with van der Waals surface area (Å²) in [7, 11) is 1.66. The fraction of sp³-hybridized carbons (Fsp3) is 0.394. The molecule has 2 unspecified atom stereocenters. The zero-order valence-corrected chi connectivity index (χ0v) is 25.5. The summed E-state index contributed by atoms with van der Waals surface area (Å²) in [5.74, 6) is 0.617. The van der Waals surface area contributed by atoms with Gasteiger partial charge in [-0.3, -0.25) is 15.1 Å². The van der Waals surface area contributed by atoms with Crippen molar-refractivity contribution in [1.82, 2.24) is 25.3 Å². The molecule has 1 aromatic heterocycles. The summed E-state index contributed by atoms with van der Waals surface area (Å²) in [5, 5.41) is 0.325. The molecule has 1 amide bonds. The van der Waals surface area contributed by atoms with Gasteiger partial charge >= 0.3 is 0 Å². The summed E-state index contributed by atoms with van der Waals surface area (Å²) < 4.78 is 35.4. The molecule has 230 valence electrons. The quantitative estimate of drug-likeness (QED) is 0.252. The number of benzene rings is 3. The monoisotopic (exact) mass is 619 g/mol. The summed E-state index contributed by atoms with van der Waals surface area (Å²) in [4.78, 5) is 19.8. The van der Waals surface area contributed by atoms with E-state index in [0.29, 0.717) is 34.2 Å². The third kappa shape index (κ3) is 5.40. The number of likely N-dealkylation sites (tertiary alicyclic amines) is 1. The molecule has 9 nitrogen and oxygen atoms in total. The van der Waals surface area contributed by atoms with Crippen LogP contribution in [-0.4, -0.2) is 53.2 Å². The standard InChI is InChI=1S/C33H35ClFN5O4/c1-33(25-8-7-22(34)17-26(25)35)43-29-5-3-4-24(31(29)44-33)20-10-13-39(14-11-20)19-30-37-27-16-21(32(41)38-36-2)6-9-28(27)40(30)18-23-12-15-42-23/h3-9,16-17,20,23,36H,10-15,18-19H2,1-2H3,(H,38,41). The minimum absolute atomic E-state index is 0.179. The van der Waals surface area contributed by atoms with Crippen LogP contribution in [0.3, 0.4) is 0 Å². The van der Waals surface area contributed by atoms with Crippen LogP contribution in [0.25, 0.3) is 11.0 Å². The fourth-order valence-electron chi connectivity index (χ4n) is 6.50. The first kappa shape index (κ1) is 29.0. The molecule has 3 aliphatic rings. The molecule has 2 saturated heterocycles. The fourth-order valence-corrected chi connectivity index (χ4v) is 6.66. The molecular weight excluding hydrogens is 585 g/mol. The summed E-state index contributed by atoms with van der Waals surface area (Å²) >= 11 is 5.98. The van der Waals surface area contributed by atoms with Crippen LogP contribution in [0.4, 0.5) is 4.39 Å². The minimum atomic E-state index is -1.27. The van der Waals surface area contributed by atoms with Gasteiger partial charge in [0, 0.05) is 36.7 Å². The highest BCUT2D eigenvalue weighted by molar-refractivity contribution is 6.30. The highest BCUT2D eigenvalue weighted by Crippen LogP contribution is 2.49. The first-order valence-electron chi connectivity index (χ1n) is 15.1. The molecule has 7 rings (SSSR count). The SMILES string of the molecule is CNNC(=O)c1ccc2c(c1)nc(CN1CCC(c3cccc4c3OC(C)(c3ccc(Cl)cc3F)O4)CC1)n2CC1CCO1. The number of hydrazine groups is 1. The van der Waals surface area contributed by atoms with Crippen molar-refractivity contribution in [3.8, 4) is 11.5 Å². The van der Waals surface area contributed by atoms with Crippen LogP contribution in [-0.2, 0) is 23.6 Å². The first-order chi connectivity index (χ1) is 21.3. The van der Waals surface area contributed by atoms with Gasteiger partial charge in [-0.2, -0.15) is 0 Å². The molecule has 3 aromatic carbocycles. The maximum atomic E-state index is 14.8. The Balaban J connectivity index is 1.07. The highest BCUT2D eigenvalue weighted by atomic mass is 35.5. The van der Waals surface area contributed by atoms with Crippen LogP contribution in [0.1, 0.15) is 59.4 Å². The molecule has 44 heavy (non-hydrogen) atoms. The summed E-state index contributed by atoms with van der Waals surface area (Å²) in [6, 6.07) is 16.1. The van der Waals surface area contributed by atoms with Gasteiger partial charge < -0.3 is 18.8 Å². The number of nitrogens with one attached hydrogen (secondary N) is 2. The molecule has 0 saturated carbocycles. The maximum absolute atomic E-state index is 14.8. The number of carbonyl (C=O) groups is 1. The Labute approximate surface area is 260 Å². The van der Waals surface area contributed by atoms with E-state index in [1.807, 2.05) is 30.3 Å². The second kappa shape index (κ2) is 11.7. The van der Waals surface area contributed by atoms with Gasteiger partial charge in [-0.05, 0) is 80.7 Å². The lowest BCUT2D eigenvalue weighted by Crippen LogP contribution is -2.35. The van der Waals surface area contributed by atoms with Crippen molar-refractivity contribution in [3.63, 3.8) is 0 Å². The van der Waals surface area contributed by atoms with Crippen molar-refractivity contribution in [2.45, 2.75) is 57.1 Å². The molecule has 0 spiro atoms. The van der Waals surface area contributed by atoms with Crippen LogP contribution in [0.2, 0.25) is 5.02 Å². The predicted octanol–water partition coefficient (Wildman–Crippen LogP) is 5.51. The topological polar surface area (TPSA) is 89.9 Å². The van der Waals surface area contributed by atoms with E-state index in [4.69, 9.17) is 30.8 Å². The average molecular weight is 620 g/mol. The molecule has 0 bridgehead atoms. The average Bonchev–Trinajstić information content (AvgIpc) is 3.51. The van der Waals surface area contributed by atoms with Gasteiger partial charge in [0.1, 0.15) is 11.6 Å². The lowest BCUT2D eigenvalue weighted by Gasteiger charge is -2.33. The second-order valence-corrected chi connectivity index (χ2v) is 12.3. The molecule has 11 heteroatoms. The van der Waals surface area contributed by atoms with E-state index >= 15 is 0 Å². The number of amides is 1. The number of imidazole rings is 1. The van der Waals surface area contributed by atoms with E-state index in [2.05, 4.69) is 26.4 Å². The van der Waals surface area contributed by atoms with Crippen molar-refractivity contribution in [3.05, 3.63) is 88.0 Å². The van der Waals surface area contributed by atoms with Crippen molar-refractivity contribution in [1.29, 1.82) is 0 Å². The Morgan fingerprint density at radius 2 is 1.93 bits per heavy atom. The summed E-state index contributed by atoms with van der Waals surface area (Å²) in [5.41, 5.74) is 9.07. The smallest absolute Gasteiger partial charge is 0.278 e. The van der Waals surface area contributed by atoms with Gasteiger partial charge in [0.15, 0.2) is 11.5 Å². The van der Waals surface area contributed by atoms with Gasteiger partial charge in [0.25, 0.3) is 11.7 Å². The molecule has 4 aromatic rings.